The molecule has 1 aromatic heterocycles. The lowest BCUT2D eigenvalue weighted by molar-refractivity contribution is 0.0935. The normalized spacial score (nSPS) is 12.1. The molecule has 1 heterocycles. The van der Waals surface area contributed by atoms with Crippen LogP contribution in [0.25, 0.3) is 0 Å². The highest BCUT2D eigenvalue weighted by atomic mass is 79.9. The number of carbonyl (C=O) groups excluding carboxylic acids is 1. The topological polar surface area (TPSA) is 54.9 Å². The Balaban J connectivity index is 2.04. The molecule has 1 atom stereocenters. The second kappa shape index (κ2) is 5.37. The number of hydrogen-bond acceptors (Lipinski definition) is 4. The maximum absolute atomic E-state index is 11.7. The van der Waals surface area contributed by atoms with Gasteiger partial charge in [0.1, 0.15) is 0 Å². The maximum Gasteiger partial charge on any atom is 0.273 e. The molecule has 1 unspecified atom stereocenters. The van der Waals surface area contributed by atoms with Crippen LogP contribution in [0, 0.1) is 0 Å². The van der Waals surface area contributed by atoms with Gasteiger partial charge in [-0.2, -0.15) is 0 Å². The predicted molar refractivity (Wildman–Crippen MR) is 69.9 cm³/mol. The van der Waals surface area contributed by atoms with Gasteiger partial charge in [-0.1, -0.05) is 32.6 Å². The molecule has 0 bridgehead atoms. The van der Waals surface area contributed by atoms with Crippen LogP contribution in [0.4, 0.5) is 0 Å². The van der Waals surface area contributed by atoms with Crippen LogP contribution in [-0.4, -0.2) is 15.5 Å². The average Bonchev–Trinajstić information content (AvgIpc) is 2.83. The Hall–Kier alpha value is -1.27. The van der Waals surface area contributed by atoms with Crippen LogP contribution in [-0.2, 0) is 0 Å². The van der Waals surface area contributed by atoms with Crippen molar-refractivity contribution in [2.45, 2.75) is 13.0 Å². The van der Waals surface area contributed by atoms with Gasteiger partial charge in [0.2, 0.25) is 0 Å². The SMILES string of the molecule is CC(NC(=O)c1csnn1)c1ccc(Br)cc1. The molecule has 0 aliphatic heterocycles. The number of hydrogen-bond donors (Lipinski definition) is 1. The fraction of sp³-hybridized carbons (Fsp3) is 0.182. The Kier molecular flexibility index (Phi) is 3.86. The summed E-state index contributed by atoms with van der Waals surface area (Å²) in [6, 6.07) is 7.77. The first-order chi connectivity index (χ1) is 8.16. The molecule has 0 aliphatic rings. The molecule has 0 aliphatic carbocycles. The van der Waals surface area contributed by atoms with Crippen LogP contribution in [0.15, 0.2) is 34.1 Å². The summed E-state index contributed by atoms with van der Waals surface area (Å²) in [6.45, 7) is 1.93. The Morgan fingerprint density at radius 1 is 1.41 bits per heavy atom. The second-order valence-corrected chi connectivity index (χ2v) is 5.06. The zero-order valence-corrected chi connectivity index (χ0v) is 11.5. The van der Waals surface area contributed by atoms with E-state index in [0.717, 1.165) is 21.6 Å². The minimum absolute atomic E-state index is 0.0581. The van der Waals surface area contributed by atoms with Gasteiger partial charge in [0.05, 0.1) is 6.04 Å². The first kappa shape index (κ1) is 12.2. The van der Waals surface area contributed by atoms with E-state index >= 15 is 0 Å². The molecule has 0 spiro atoms. The second-order valence-electron chi connectivity index (χ2n) is 3.54. The molecule has 0 saturated carbocycles. The van der Waals surface area contributed by atoms with Gasteiger partial charge in [-0.25, -0.2) is 0 Å². The number of amides is 1. The summed E-state index contributed by atoms with van der Waals surface area (Å²) in [7, 11) is 0. The number of carbonyl (C=O) groups is 1. The van der Waals surface area contributed by atoms with E-state index in [1.165, 1.54) is 0 Å². The first-order valence-electron chi connectivity index (χ1n) is 5.00. The van der Waals surface area contributed by atoms with Crippen LogP contribution in [0.3, 0.4) is 0 Å². The number of nitrogens with one attached hydrogen (secondary N) is 1. The van der Waals surface area contributed by atoms with E-state index in [1.54, 1.807) is 5.38 Å². The van der Waals surface area contributed by atoms with Crippen molar-refractivity contribution >= 4 is 33.4 Å². The van der Waals surface area contributed by atoms with Gasteiger partial charge in [-0.3, -0.25) is 4.79 Å². The van der Waals surface area contributed by atoms with E-state index in [1.807, 2.05) is 31.2 Å². The molecule has 0 saturated heterocycles. The van der Waals surface area contributed by atoms with E-state index in [0.29, 0.717) is 5.69 Å². The number of benzene rings is 1. The smallest absolute Gasteiger partial charge is 0.273 e. The molecule has 6 heteroatoms. The summed E-state index contributed by atoms with van der Waals surface area (Å²) in [6.07, 6.45) is 0. The van der Waals surface area contributed by atoms with Crippen LogP contribution in [0.2, 0.25) is 0 Å². The molecule has 17 heavy (non-hydrogen) atoms. The van der Waals surface area contributed by atoms with Crippen LogP contribution in [0.5, 0.6) is 0 Å². The van der Waals surface area contributed by atoms with E-state index in [9.17, 15) is 4.79 Å². The lowest BCUT2D eigenvalue weighted by Crippen LogP contribution is -2.26. The summed E-state index contributed by atoms with van der Waals surface area (Å²) in [5.41, 5.74) is 1.41. The Labute approximate surface area is 111 Å². The monoisotopic (exact) mass is 311 g/mol. The van der Waals surface area contributed by atoms with Crippen molar-refractivity contribution in [2.75, 3.05) is 0 Å². The Morgan fingerprint density at radius 2 is 2.12 bits per heavy atom. The largest absolute Gasteiger partial charge is 0.344 e. The molecule has 1 N–H and O–H groups in total. The summed E-state index contributed by atoms with van der Waals surface area (Å²) in [5, 5.41) is 8.22. The minimum Gasteiger partial charge on any atom is -0.344 e. The lowest BCUT2D eigenvalue weighted by Gasteiger charge is -2.13. The standard InChI is InChI=1S/C11H10BrN3OS/c1-7(8-2-4-9(12)5-3-8)13-11(16)10-6-17-15-14-10/h2-7H,1H3,(H,13,16). The van der Waals surface area contributed by atoms with E-state index < -0.39 is 0 Å². The van der Waals surface area contributed by atoms with Crippen molar-refractivity contribution < 1.29 is 4.79 Å². The van der Waals surface area contributed by atoms with E-state index in [2.05, 4.69) is 30.8 Å². The van der Waals surface area contributed by atoms with Gasteiger partial charge in [-0.15, -0.1) is 5.10 Å². The third-order valence-corrected chi connectivity index (χ3v) is 3.34. The Bertz CT molecular complexity index is 498. The van der Waals surface area contributed by atoms with Crippen molar-refractivity contribution in [1.82, 2.24) is 14.9 Å². The minimum atomic E-state index is -0.200. The Morgan fingerprint density at radius 3 is 2.71 bits per heavy atom. The number of halogens is 1. The molecule has 88 valence electrons. The molecule has 2 rings (SSSR count). The molecule has 0 radical (unpaired) electrons. The molecular formula is C11H10BrN3OS. The van der Waals surface area contributed by atoms with Crippen molar-refractivity contribution in [3.8, 4) is 0 Å². The zero-order chi connectivity index (χ0) is 12.3. The van der Waals surface area contributed by atoms with Gasteiger partial charge < -0.3 is 5.32 Å². The number of aromatic nitrogens is 2. The third kappa shape index (κ3) is 3.10. The van der Waals surface area contributed by atoms with Crippen LogP contribution >= 0.6 is 27.5 Å². The van der Waals surface area contributed by atoms with Gasteiger partial charge in [-0.05, 0) is 36.2 Å². The third-order valence-electron chi connectivity index (χ3n) is 2.31. The zero-order valence-electron chi connectivity index (χ0n) is 9.05. The van der Waals surface area contributed by atoms with Gasteiger partial charge in [0, 0.05) is 9.85 Å². The quantitative estimate of drug-likeness (QED) is 0.948. The fourth-order valence-corrected chi connectivity index (χ4v) is 2.07. The summed E-state index contributed by atoms with van der Waals surface area (Å²) in [5.74, 6) is -0.200. The maximum atomic E-state index is 11.7. The highest BCUT2D eigenvalue weighted by molar-refractivity contribution is 9.10. The number of nitrogens with zero attached hydrogens (tertiary/aromatic N) is 2. The molecular weight excluding hydrogens is 302 g/mol. The number of rotatable bonds is 3. The highest BCUT2D eigenvalue weighted by Crippen LogP contribution is 2.16. The van der Waals surface area contributed by atoms with Crippen molar-refractivity contribution in [3.63, 3.8) is 0 Å². The molecule has 0 fully saturated rings. The van der Waals surface area contributed by atoms with Gasteiger partial charge in [0.25, 0.3) is 5.91 Å². The lowest BCUT2D eigenvalue weighted by atomic mass is 10.1. The summed E-state index contributed by atoms with van der Waals surface area (Å²) >= 11 is 4.54. The van der Waals surface area contributed by atoms with E-state index in [4.69, 9.17) is 0 Å². The van der Waals surface area contributed by atoms with Gasteiger partial charge in [0.15, 0.2) is 5.69 Å². The fourth-order valence-electron chi connectivity index (χ4n) is 1.37. The summed E-state index contributed by atoms with van der Waals surface area (Å²) < 4.78 is 4.68. The van der Waals surface area contributed by atoms with E-state index in [-0.39, 0.29) is 11.9 Å². The predicted octanol–water partition coefficient (Wildman–Crippen LogP) is 2.79. The highest BCUT2D eigenvalue weighted by Gasteiger charge is 2.13. The first-order valence-corrected chi connectivity index (χ1v) is 6.63. The van der Waals surface area contributed by atoms with Crippen molar-refractivity contribution in [3.05, 3.63) is 45.4 Å². The van der Waals surface area contributed by atoms with Crippen LogP contribution < -0.4 is 5.32 Å². The van der Waals surface area contributed by atoms with Crippen molar-refractivity contribution in [2.24, 2.45) is 0 Å². The molecule has 1 amide bonds. The summed E-state index contributed by atoms with van der Waals surface area (Å²) in [4.78, 5) is 11.7. The molecule has 4 nitrogen and oxygen atoms in total. The average molecular weight is 312 g/mol. The molecule has 1 aromatic carbocycles. The van der Waals surface area contributed by atoms with Crippen molar-refractivity contribution in [1.29, 1.82) is 0 Å². The van der Waals surface area contributed by atoms with Crippen LogP contribution in [0.1, 0.15) is 29.0 Å². The van der Waals surface area contributed by atoms with Gasteiger partial charge >= 0.3 is 0 Å². The molecule has 2 aromatic rings.